The third-order valence-corrected chi connectivity index (χ3v) is 4.39. The zero-order valence-corrected chi connectivity index (χ0v) is 14.2. The quantitative estimate of drug-likeness (QED) is 0.855. The predicted molar refractivity (Wildman–Crippen MR) is 94.7 cm³/mol. The summed E-state index contributed by atoms with van der Waals surface area (Å²) in [6.45, 7) is 5.31. The van der Waals surface area contributed by atoms with Gasteiger partial charge in [-0.3, -0.25) is 14.9 Å². The Morgan fingerprint density at radius 1 is 1.29 bits per heavy atom. The number of piperidine rings is 1. The minimum atomic E-state index is 0.0205. The average Bonchev–Trinajstić information content (AvgIpc) is 3.05. The van der Waals surface area contributed by atoms with Crippen LogP contribution in [-0.4, -0.2) is 45.6 Å². The van der Waals surface area contributed by atoms with Crippen molar-refractivity contribution in [1.29, 1.82) is 0 Å². The largest absolute Gasteiger partial charge is 0.309 e. The van der Waals surface area contributed by atoms with Crippen molar-refractivity contribution in [1.82, 2.24) is 20.1 Å². The second-order valence-corrected chi connectivity index (χ2v) is 6.41. The highest BCUT2D eigenvalue weighted by molar-refractivity contribution is 5.90. The summed E-state index contributed by atoms with van der Waals surface area (Å²) >= 11 is 0. The van der Waals surface area contributed by atoms with Crippen LogP contribution < -0.4 is 5.32 Å². The van der Waals surface area contributed by atoms with Crippen molar-refractivity contribution in [2.24, 2.45) is 0 Å². The summed E-state index contributed by atoms with van der Waals surface area (Å²) in [5.74, 6) is 0.584. The topological polar surface area (TPSA) is 73.9 Å². The Kier molecular flexibility index (Phi) is 5.59. The first-order chi connectivity index (χ1) is 11.7. The van der Waals surface area contributed by atoms with Gasteiger partial charge in [-0.05, 0) is 58.0 Å². The highest BCUT2D eigenvalue weighted by Gasteiger charge is 2.11. The molecule has 0 radical (unpaired) electrons. The number of aromatic amines is 1. The standard InChI is InChI=1S/C18H25N5O/c1-14-7-8-15(13-19-14)16-12-17(22-21-16)20-18(24)6-5-11-23-9-3-2-4-10-23/h7-8,12-13H,2-6,9-11H2,1H3,(H2,20,21,22,24). The van der Waals surface area contributed by atoms with E-state index in [0.29, 0.717) is 12.2 Å². The Labute approximate surface area is 142 Å². The van der Waals surface area contributed by atoms with Gasteiger partial charge in [0.15, 0.2) is 5.82 Å². The monoisotopic (exact) mass is 327 g/mol. The molecule has 0 spiro atoms. The van der Waals surface area contributed by atoms with Crippen molar-refractivity contribution in [3.8, 4) is 11.3 Å². The maximum absolute atomic E-state index is 12.0. The van der Waals surface area contributed by atoms with E-state index in [0.717, 1.165) is 29.9 Å². The van der Waals surface area contributed by atoms with Crippen LogP contribution in [0.4, 0.5) is 5.82 Å². The summed E-state index contributed by atoms with van der Waals surface area (Å²) in [7, 11) is 0. The van der Waals surface area contributed by atoms with Crippen molar-refractivity contribution in [3.63, 3.8) is 0 Å². The number of likely N-dealkylation sites (tertiary alicyclic amines) is 1. The fraction of sp³-hybridized carbons (Fsp3) is 0.500. The molecule has 0 aromatic carbocycles. The molecule has 1 amide bonds. The van der Waals surface area contributed by atoms with E-state index in [2.05, 4.69) is 25.4 Å². The van der Waals surface area contributed by atoms with Crippen molar-refractivity contribution in [3.05, 3.63) is 30.1 Å². The SMILES string of the molecule is Cc1ccc(-c2cc(NC(=O)CCCN3CCCCC3)n[nH]2)cn1. The third kappa shape index (κ3) is 4.64. The summed E-state index contributed by atoms with van der Waals surface area (Å²) in [6.07, 6.45) is 7.14. The van der Waals surface area contributed by atoms with E-state index in [-0.39, 0.29) is 5.91 Å². The molecule has 0 atom stereocenters. The number of carbonyl (C=O) groups excluding carboxylic acids is 1. The number of hydrogen-bond acceptors (Lipinski definition) is 4. The van der Waals surface area contributed by atoms with E-state index in [4.69, 9.17) is 0 Å². The number of H-pyrrole nitrogens is 1. The van der Waals surface area contributed by atoms with Crippen LogP contribution in [0.2, 0.25) is 0 Å². The Balaban J connectivity index is 1.45. The van der Waals surface area contributed by atoms with Crippen LogP contribution in [0, 0.1) is 6.92 Å². The van der Waals surface area contributed by atoms with E-state index >= 15 is 0 Å². The van der Waals surface area contributed by atoms with Gasteiger partial charge in [0.2, 0.25) is 5.91 Å². The Morgan fingerprint density at radius 2 is 2.12 bits per heavy atom. The third-order valence-electron chi connectivity index (χ3n) is 4.39. The van der Waals surface area contributed by atoms with Gasteiger partial charge in [-0.1, -0.05) is 6.42 Å². The summed E-state index contributed by atoms with van der Waals surface area (Å²) in [5, 5.41) is 9.96. The number of anilines is 1. The second-order valence-electron chi connectivity index (χ2n) is 6.41. The Morgan fingerprint density at radius 3 is 2.88 bits per heavy atom. The van der Waals surface area contributed by atoms with Gasteiger partial charge in [0.25, 0.3) is 0 Å². The minimum Gasteiger partial charge on any atom is -0.309 e. The fourth-order valence-corrected chi connectivity index (χ4v) is 3.01. The lowest BCUT2D eigenvalue weighted by Crippen LogP contribution is -2.31. The second kappa shape index (κ2) is 8.06. The number of aromatic nitrogens is 3. The van der Waals surface area contributed by atoms with Gasteiger partial charge >= 0.3 is 0 Å². The first kappa shape index (κ1) is 16.6. The van der Waals surface area contributed by atoms with Crippen LogP contribution in [0.25, 0.3) is 11.3 Å². The molecule has 1 aliphatic rings. The van der Waals surface area contributed by atoms with Crippen LogP contribution in [0.5, 0.6) is 0 Å². The number of rotatable bonds is 6. The zero-order chi connectivity index (χ0) is 16.8. The average molecular weight is 327 g/mol. The number of nitrogens with one attached hydrogen (secondary N) is 2. The van der Waals surface area contributed by atoms with E-state index in [1.807, 2.05) is 25.1 Å². The zero-order valence-electron chi connectivity index (χ0n) is 14.2. The van der Waals surface area contributed by atoms with Crippen molar-refractivity contribution in [2.45, 2.75) is 39.0 Å². The van der Waals surface area contributed by atoms with Gasteiger partial charge in [-0.2, -0.15) is 5.10 Å². The molecule has 6 nitrogen and oxygen atoms in total. The van der Waals surface area contributed by atoms with Crippen molar-refractivity contribution >= 4 is 11.7 Å². The molecule has 0 aliphatic carbocycles. The predicted octanol–water partition coefficient (Wildman–Crippen LogP) is 2.98. The highest BCUT2D eigenvalue weighted by Crippen LogP contribution is 2.19. The molecule has 2 aromatic heterocycles. The van der Waals surface area contributed by atoms with Crippen molar-refractivity contribution in [2.75, 3.05) is 25.0 Å². The van der Waals surface area contributed by atoms with Gasteiger partial charge < -0.3 is 10.2 Å². The number of amides is 1. The van der Waals surface area contributed by atoms with Gasteiger partial charge in [0.05, 0.1) is 5.69 Å². The van der Waals surface area contributed by atoms with Crippen molar-refractivity contribution < 1.29 is 4.79 Å². The molecular formula is C18H25N5O. The van der Waals surface area contributed by atoms with Crippen LogP contribution in [-0.2, 0) is 4.79 Å². The smallest absolute Gasteiger partial charge is 0.225 e. The number of pyridine rings is 1. The van der Waals surface area contributed by atoms with Gasteiger partial charge in [0.1, 0.15) is 0 Å². The van der Waals surface area contributed by atoms with Gasteiger partial charge in [-0.15, -0.1) is 0 Å². The minimum absolute atomic E-state index is 0.0205. The molecule has 2 aromatic rings. The van der Waals surface area contributed by atoms with Crippen LogP contribution in [0.1, 0.15) is 37.8 Å². The lowest BCUT2D eigenvalue weighted by Gasteiger charge is -2.26. The molecule has 1 fully saturated rings. The molecule has 1 saturated heterocycles. The normalized spacial score (nSPS) is 15.4. The lowest BCUT2D eigenvalue weighted by molar-refractivity contribution is -0.116. The van der Waals surface area contributed by atoms with Crippen LogP contribution in [0.3, 0.4) is 0 Å². The Hall–Kier alpha value is -2.21. The fourth-order valence-electron chi connectivity index (χ4n) is 3.01. The maximum atomic E-state index is 12.0. The molecule has 2 N–H and O–H groups in total. The van der Waals surface area contributed by atoms with Gasteiger partial charge in [-0.25, -0.2) is 0 Å². The lowest BCUT2D eigenvalue weighted by atomic mass is 10.1. The van der Waals surface area contributed by atoms with E-state index < -0.39 is 0 Å². The molecule has 1 aliphatic heterocycles. The van der Waals surface area contributed by atoms with E-state index in [1.165, 1.54) is 32.4 Å². The molecule has 3 heterocycles. The number of carbonyl (C=O) groups is 1. The number of hydrogen-bond donors (Lipinski definition) is 2. The highest BCUT2D eigenvalue weighted by atomic mass is 16.1. The molecule has 24 heavy (non-hydrogen) atoms. The molecule has 0 bridgehead atoms. The molecule has 3 rings (SSSR count). The molecule has 6 heteroatoms. The molecule has 0 saturated carbocycles. The summed E-state index contributed by atoms with van der Waals surface area (Å²) in [6, 6.07) is 5.78. The summed E-state index contributed by atoms with van der Waals surface area (Å²) in [4.78, 5) is 18.8. The molecular weight excluding hydrogens is 302 g/mol. The summed E-state index contributed by atoms with van der Waals surface area (Å²) < 4.78 is 0. The maximum Gasteiger partial charge on any atom is 0.225 e. The number of nitrogens with zero attached hydrogens (tertiary/aromatic N) is 3. The number of aryl methyl sites for hydroxylation is 1. The molecule has 0 unspecified atom stereocenters. The summed E-state index contributed by atoms with van der Waals surface area (Å²) in [5.41, 5.74) is 2.78. The first-order valence-electron chi connectivity index (χ1n) is 8.71. The van der Waals surface area contributed by atoms with Gasteiger partial charge in [0, 0.05) is 29.9 Å². The van der Waals surface area contributed by atoms with Crippen LogP contribution >= 0.6 is 0 Å². The van der Waals surface area contributed by atoms with E-state index in [9.17, 15) is 4.79 Å². The van der Waals surface area contributed by atoms with Crippen LogP contribution in [0.15, 0.2) is 24.4 Å². The molecule has 128 valence electrons. The Bertz CT molecular complexity index is 658. The first-order valence-corrected chi connectivity index (χ1v) is 8.71. The van der Waals surface area contributed by atoms with E-state index in [1.54, 1.807) is 6.20 Å².